The number of rotatable bonds is 8. The van der Waals surface area contributed by atoms with Gasteiger partial charge in [0.15, 0.2) is 0 Å². The molecule has 3 N–H and O–H groups in total. The topological polar surface area (TPSA) is 114 Å². The van der Waals surface area contributed by atoms with Crippen molar-refractivity contribution in [1.82, 2.24) is 16.0 Å². The van der Waals surface area contributed by atoms with E-state index in [2.05, 4.69) is 15.4 Å². The molecule has 0 saturated carbocycles. The van der Waals surface area contributed by atoms with Gasteiger partial charge >= 0.3 is 18.1 Å². The minimum absolute atomic E-state index is 0.221. The van der Waals surface area contributed by atoms with Crippen molar-refractivity contribution < 1.29 is 37.1 Å². The Kier molecular flexibility index (Phi) is 8.61. The molecule has 0 aliphatic heterocycles. The lowest BCUT2D eigenvalue weighted by Gasteiger charge is -2.22. The van der Waals surface area contributed by atoms with Gasteiger partial charge in [-0.1, -0.05) is 30.3 Å². The van der Waals surface area contributed by atoms with Gasteiger partial charge in [0.2, 0.25) is 11.8 Å². The van der Waals surface area contributed by atoms with Crippen LogP contribution in [0.15, 0.2) is 30.3 Å². The van der Waals surface area contributed by atoms with Crippen molar-refractivity contribution in [2.75, 3.05) is 7.11 Å². The Labute approximate surface area is 165 Å². The van der Waals surface area contributed by atoms with Crippen molar-refractivity contribution in [2.24, 2.45) is 0 Å². The van der Waals surface area contributed by atoms with Crippen LogP contribution in [0.4, 0.5) is 13.2 Å². The van der Waals surface area contributed by atoms with E-state index in [4.69, 9.17) is 0 Å². The third-order valence-electron chi connectivity index (χ3n) is 3.83. The predicted molar refractivity (Wildman–Crippen MR) is 95.4 cm³/mol. The van der Waals surface area contributed by atoms with Gasteiger partial charge in [-0.15, -0.1) is 0 Å². The Morgan fingerprint density at radius 1 is 0.931 bits per heavy atom. The minimum atomic E-state index is -5.17. The van der Waals surface area contributed by atoms with Gasteiger partial charge in [0.1, 0.15) is 18.1 Å². The average Bonchev–Trinajstić information content (AvgIpc) is 2.66. The SMILES string of the molecule is COC(=O)C(C)NC(=O)C(C)NC(=O)C(Cc1ccccc1)NC(=O)C(F)(F)F. The van der Waals surface area contributed by atoms with Crippen LogP contribution in [0.25, 0.3) is 0 Å². The van der Waals surface area contributed by atoms with E-state index in [1.165, 1.54) is 13.8 Å². The molecule has 0 fully saturated rings. The van der Waals surface area contributed by atoms with Crippen LogP contribution in [-0.4, -0.2) is 55.1 Å². The van der Waals surface area contributed by atoms with E-state index >= 15 is 0 Å². The van der Waals surface area contributed by atoms with Crippen molar-refractivity contribution in [1.29, 1.82) is 0 Å². The lowest BCUT2D eigenvalue weighted by atomic mass is 10.0. The number of hydrogen-bond donors (Lipinski definition) is 3. The highest BCUT2D eigenvalue weighted by atomic mass is 19.4. The predicted octanol–water partition coefficient (Wildman–Crippen LogP) is 0.459. The van der Waals surface area contributed by atoms with Crippen molar-refractivity contribution >= 4 is 23.7 Å². The first-order valence-corrected chi connectivity index (χ1v) is 8.56. The Hall–Kier alpha value is -3.11. The summed E-state index contributed by atoms with van der Waals surface area (Å²) < 4.78 is 42.3. The highest BCUT2D eigenvalue weighted by Gasteiger charge is 2.41. The molecule has 8 nitrogen and oxygen atoms in total. The quantitative estimate of drug-likeness (QED) is 0.532. The Balaban J connectivity index is 2.85. The lowest BCUT2D eigenvalue weighted by Crippen LogP contribution is -2.56. The van der Waals surface area contributed by atoms with Crippen molar-refractivity contribution in [3.05, 3.63) is 35.9 Å². The molecule has 0 aliphatic carbocycles. The molecule has 0 saturated heterocycles. The highest BCUT2D eigenvalue weighted by Crippen LogP contribution is 2.15. The summed E-state index contributed by atoms with van der Waals surface area (Å²) in [5.74, 6) is -4.72. The Bertz CT molecular complexity index is 740. The first kappa shape index (κ1) is 23.9. The van der Waals surface area contributed by atoms with Crippen LogP contribution in [-0.2, 0) is 30.3 Å². The highest BCUT2D eigenvalue weighted by molar-refractivity contribution is 5.94. The molecule has 3 atom stereocenters. The van der Waals surface area contributed by atoms with Gasteiger partial charge < -0.3 is 20.7 Å². The van der Waals surface area contributed by atoms with E-state index in [0.29, 0.717) is 5.56 Å². The largest absolute Gasteiger partial charge is 0.471 e. The summed E-state index contributed by atoms with van der Waals surface area (Å²) in [6, 6.07) is 4.34. The molecule has 160 valence electrons. The summed E-state index contributed by atoms with van der Waals surface area (Å²) in [7, 11) is 1.13. The standard InChI is InChI=1S/C18H22F3N3O5/c1-10(14(25)23-11(2)16(27)29-3)22-15(26)13(24-17(28)18(19,20)21)9-12-7-5-4-6-8-12/h4-8,10-11,13H,9H2,1-3H3,(H,22,26)(H,23,25)(H,24,28). The fourth-order valence-electron chi connectivity index (χ4n) is 2.25. The fraction of sp³-hybridized carbons (Fsp3) is 0.444. The van der Waals surface area contributed by atoms with Crippen molar-refractivity contribution in [3.8, 4) is 0 Å². The van der Waals surface area contributed by atoms with Gasteiger partial charge in [0.25, 0.3) is 0 Å². The Morgan fingerprint density at radius 3 is 2.00 bits per heavy atom. The van der Waals surface area contributed by atoms with Crippen LogP contribution in [0.2, 0.25) is 0 Å². The zero-order valence-electron chi connectivity index (χ0n) is 16.0. The molecule has 0 aliphatic rings. The van der Waals surface area contributed by atoms with Crippen LogP contribution in [0.1, 0.15) is 19.4 Å². The summed E-state index contributed by atoms with van der Waals surface area (Å²) in [6.07, 6.45) is -5.39. The van der Waals surface area contributed by atoms with E-state index in [1.54, 1.807) is 35.6 Å². The van der Waals surface area contributed by atoms with Crippen molar-refractivity contribution in [3.63, 3.8) is 0 Å². The molecule has 11 heteroatoms. The second-order valence-corrected chi connectivity index (χ2v) is 6.20. The van der Waals surface area contributed by atoms with Gasteiger partial charge in [0, 0.05) is 6.42 Å². The summed E-state index contributed by atoms with van der Waals surface area (Å²) in [6.45, 7) is 2.64. The number of alkyl halides is 3. The number of ether oxygens (including phenoxy) is 1. The van der Waals surface area contributed by atoms with Crippen LogP contribution in [0, 0.1) is 0 Å². The third kappa shape index (κ3) is 7.80. The normalized spacial score (nSPS) is 14.1. The third-order valence-corrected chi connectivity index (χ3v) is 3.83. The molecular formula is C18H22F3N3O5. The number of amides is 3. The summed E-state index contributed by atoms with van der Waals surface area (Å²) in [5, 5.41) is 6.16. The fourth-order valence-corrected chi connectivity index (χ4v) is 2.25. The Morgan fingerprint density at radius 2 is 1.48 bits per heavy atom. The van der Waals surface area contributed by atoms with E-state index in [0.717, 1.165) is 7.11 Å². The zero-order valence-corrected chi connectivity index (χ0v) is 16.0. The first-order valence-electron chi connectivity index (χ1n) is 8.56. The maximum atomic E-state index is 12.6. The van der Waals surface area contributed by atoms with E-state index in [-0.39, 0.29) is 6.42 Å². The molecule has 0 aromatic heterocycles. The smallest absolute Gasteiger partial charge is 0.467 e. The van der Waals surface area contributed by atoms with Gasteiger partial charge in [-0.2, -0.15) is 13.2 Å². The number of halogens is 3. The van der Waals surface area contributed by atoms with Gasteiger partial charge in [-0.05, 0) is 19.4 Å². The molecule has 3 unspecified atom stereocenters. The van der Waals surface area contributed by atoms with Gasteiger partial charge in [0.05, 0.1) is 7.11 Å². The summed E-state index contributed by atoms with van der Waals surface area (Å²) >= 11 is 0. The molecule has 0 bridgehead atoms. The molecule has 0 spiro atoms. The number of benzene rings is 1. The maximum Gasteiger partial charge on any atom is 0.471 e. The number of esters is 1. The van der Waals surface area contributed by atoms with E-state index in [1.807, 2.05) is 0 Å². The summed E-state index contributed by atoms with van der Waals surface area (Å²) in [5.41, 5.74) is 0.506. The number of carbonyl (C=O) groups is 4. The molecule has 1 aromatic rings. The van der Waals surface area contributed by atoms with Crippen LogP contribution >= 0.6 is 0 Å². The van der Waals surface area contributed by atoms with Gasteiger partial charge in [-0.25, -0.2) is 4.79 Å². The van der Waals surface area contributed by atoms with Gasteiger partial charge in [-0.3, -0.25) is 14.4 Å². The van der Waals surface area contributed by atoms with Crippen LogP contribution in [0.5, 0.6) is 0 Å². The maximum absolute atomic E-state index is 12.6. The monoisotopic (exact) mass is 417 g/mol. The molecule has 0 radical (unpaired) electrons. The summed E-state index contributed by atoms with van der Waals surface area (Å²) in [4.78, 5) is 47.1. The minimum Gasteiger partial charge on any atom is -0.467 e. The lowest BCUT2D eigenvalue weighted by molar-refractivity contribution is -0.174. The van der Waals surface area contributed by atoms with E-state index < -0.39 is 48.0 Å². The van der Waals surface area contributed by atoms with Crippen LogP contribution < -0.4 is 16.0 Å². The molecule has 0 heterocycles. The second-order valence-electron chi connectivity index (χ2n) is 6.20. The number of hydrogen-bond acceptors (Lipinski definition) is 5. The molecule has 29 heavy (non-hydrogen) atoms. The van der Waals surface area contributed by atoms with Crippen LogP contribution in [0.3, 0.4) is 0 Å². The molecular weight excluding hydrogens is 395 g/mol. The molecule has 3 amide bonds. The molecule has 1 aromatic carbocycles. The average molecular weight is 417 g/mol. The first-order chi connectivity index (χ1) is 13.5. The van der Waals surface area contributed by atoms with E-state index in [9.17, 15) is 32.3 Å². The zero-order chi connectivity index (χ0) is 22.2. The molecule has 1 rings (SSSR count). The number of methoxy groups -OCH3 is 1. The number of carbonyl (C=O) groups excluding carboxylic acids is 4. The second kappa shape index (κ2) is 10.4. The van der Waals surface area contributed by atoms with Crippen molar-refractivity contribution in [2.45, 2.75) is 44.6 Å². The number of nitrogens with one attached hydrogen (secondary N) is 3.